The number of hydrogen-bond donors (Lipinski definition) is 1. The van der Waals surface area contributed by atoms with E-state index in [0.717, 1.165) is 6.07 Å². The lowest BCUT2D eigenvalue weighted by atomic mass is 9.90. The lowest BCUT2D eigenvalue weighted by Gasteiger charge is -2.34. The fraction of sp³-hybridized carbons (Fsp3) is 0.344. The number of anilines is 2. The zero-order chi connectivity index (χ0) is 29.8. The van der Waals surface area contributed by atoms with E-state index in [0.29, 0.717) is 61.1 Å². The quantitative estimate of drug-likeness (QED) is 0.335. The van der Waals surface area contributed by atoms with Crippen molar-refractivity contribution in [1.29, 1.82) is 5.26 Å². The molecule has 1 fully saturated rings. The summed E-state index contributed by atoms with van der Waals surface area (Å²) >= 11 is 0. The average Bonchev–Trinajstić information content (AvgIpc) is 3.29. The number of hydrazone groups is 1. The Hall–Kier alpha value is -4.65. The molecule has 2 unspecified atom stereocenters. The molecule has 2 heterocycles. The summed E-state index contributed by atoms with van der Waals surface area (Å²) in [4.78, 5) is 13.7. The van der Waals surface area contributed by atoms with E-state index in [4.69, 9.17) is 14.7 Å². The lowest BCUT2D eigenvalue weighted by Crippen LogP contribution is -2.38. The summed E-state index contributed by atoms with van der Waals surface area (Å²) < 4.78 is 41.1. The fourth-order valence-electron chi connectivity index (χ4n) is 5.53. The van der Waals surface area contributed by atoms with Gasteiger partial charge in [0.05, 0.1) is 47.8 Å². The van der Waals surface area contributed by atoms with E-state index in [9.17, 15) is 18.7 Å². The van der Waals surface area contributed by atoms with Crippen molar-refractivity contribution >= 4 is 23.1 Å². The van der Waals surface area contributed by atoms with E-state index in [1.807, 2.05) is 49.1 Å². The third kappa shape index (κ3) is 6.15. The summed E-state index contributed by atoms with van der Waals surface area (Å²) in [6.45, 7) is 5.51. The van der Waals surface area contributed by atoms with Crippen molar-refractivity contribution < 1.29 is 28.2 Å². The van der Waals surface area contributed by atoms with E-state index >= 15 is 0 Å². The number of piperidine rings is 1. The molecular weight excluding hydrogens is 542 g/mol. The molecule has 0 aromatic heterocycles. The van der Waals surface area contributed by atoms with Gasteiger partial charge in [-0.25, -0.2) is 8.78 Å². The number of benzene rings is 3. The van der Waals surface area contributed by atoms with E-state index in [1.165, 1.54) is 18.2 Å². The molecule has 2 aliphatic rings. The molecule has 0 amide bonds. The Morgan fingerprint density at radius 2 is 1.76 bits per heavy atom. The van der Waals surface area contributed by atoms with Crippen LogP contribution >= 0.6 is 0 Å². The van der Waals surface area contributed by atoms with Gasteiger partial charge in [-0.3, -0.25) is 9.80 Å². The van der Waals surface area contributed by atoms with E-state index in [-0.39, 0.29) is 35.4 Å². The first-order chi connectivity index (χ1) is 20.3. The zero-order valence-corrected chi connectivity index (χ0v) is 23.5. The van der Waals surface area contributed by atoms with Crippen molar-refractivity contribution in [1.82, 2.24) is 0 Å². The highest BCUT2D eigenvalue weighted by molar-refractivity contribution is 6.05. The Kier molecular flexibility index (Phi) is 8.57. The smallest absolute Gasteiger partial charge is 0.305 e. The molecule has 0 saturated carbocycles. The lowest BCUT2D eigenvalue weighted by molar-refractivity contribution is -0.137. The Morgan fingerprint density at radius 3 is 2.40 bits per heavy atom. The number of ether oxygens (including phenoxy) is 2. The van der Waals surface area contributed by atoms with Crippen LogP contribution in [0.4, 0.5) is 20.2 Å². The molecule has 5 rings (SSSR count). The van der Waals surface area contributed by atoms with Crippen LogP contribution < -0.4 is 19.4 Å². The molecule has 2 aliphatic heterocycles. The summed E-state index contributed by atoms with van der Waals surface area (Å²) in [7, 11) is 0. The van der Waals surface area contributed by atoms with Gasteiger partial charge in [0, 0.05) is 43.5 Å². The average molecular weight is 575 g/mol. The first-order valence-electron chi connectivity index (χ1n) is 14.0. The molecule has 1 N–H and O–H groups in total. The second-order valence-corrected chi connectivity index (χ2v) is 10.4. The molecule has 1 saturated heterocycles. The van der Waals surface area contributed by atoms with Crippen molar-refractivity contribution in [2.45, 2.75) is 45.3 Å². The predicted molar refractivity (Wildman–Crippen MR) is 155 cm³/mol. The van der Waals surface area contributed by atoms with Crippen LogP contribution in [-0.2, 0) is 4.79 Å². The predicted octanol–water partition coefficient (Wildman–Crippen LogP) is 5.99. The number of carboxylic acid groups (broad SMARTS) is 1. The van der Waals surface area contributed by atoms with Gasteiger partial charge in [0.2, 0.25) is 0 Å². The molecule has 218 valence electrons. The van der Waals surface area contributed by atoms with Crippen LogP contribution in [0.25, 0.3) is 0 Å². The number of carbonyl (C=O) groups is 1. The van der Waals surface area contributed by atoms with Crippen LogP contribution in [0.15, 0.2) is 65.8 Å². The van der Waals surface area contributed by atoms with Crippen LogP contribution in [0, 0.1) is 28.9 Å². The van der Waals surface area contributed by atoms with Gasteiger partial charge in [0.25, 0.3) is 0 Å². The number of nitriles is 1. The van der Waals surface area contributed by atoms with Crippen LogP contribution in [0.2, 0.25) is 0 Å². The molecule has 8 nitrogen and oxygen atoms in total. The Balaban J connectivity index is 1.27. The maximum absolute atomic E-state index is 14.8. The molecule has 0 bridgehead atoms. The number of nitrogens with zero attached hydrogens (tertiary/aromatic N) is 4. The Morgan fingerprint density at radius 1 is 1.05 bits per heavy atom. The molecular formula is C32H32F2N4O4. The van der Waals surface area contributed by atoms with E-state index in [1.54, 1.807) is 17.1 Å². The third-order valence-electron chi connectivity index (χ3n) is 7.71. The van der Waals surface area contributed by atoms with Gasteiger partial charge in [0.15, 0.2) is 0 Å². The summed E-state index contributed by atoms with van der Waals surface area (Å²) in [6, 6.07) is 17.6. The molecule has 10 heteroatoms. The standard InChI is InChI=1S/C32H32F2N4O4/c1-3-41-25-9-11-27(33)30(17-25)37-14-12-24(13-15-37)42-23-7-5-22(6-8-23)38-29(18-31(39)40)20(2)32(36-38)26-10-4-21(19-35)16-28(26)34/h4-11,16-17,20,24,29H,3,12-15,18H2,1-2H3,(H,39,40). The zero-order valence-electron chi connectivity index (χ0n) is 23.5. The monoisotopic (exact) mass is 574 g/mol. The normalized spacial score (nSPS) is 18.9. The van der Waals surface area contributed by atoms with E-state index < -0.39 is 17.8 Å². The van der Waals surface area contributed by atoms with Gasteiger partial charge in [0.1, 0.15) is 29.2 Å². The first kappa shape index (κ1) is 28.9. The van der Waals surface area contributed by atoms with Crippen molar-refractivity contribution in [3.8, 4) is 17.6 Å². The topological polar surface area (TPSA) is 98.4 Å². The molecule has 2 atom stereocenters. The van der Waals surface area contributed by atoms with Gasteiger partial charge < -0.3 is 19.5 Å². The largest absolute Gasteiger partial charge is 0.494 e. The molecule has 0 aliphatic carbocycles. The Bertz CT molecular complexity index is 1510. The highest BCUT2D eigenvalue weighted by Gasteiger charge is 2.38. The summed E-state index contributed by atoms with van der Waals surface area (Å²) in [5, 5.41) is 24.9. The first-order valence-corrected chi connectivity index (χ1v) is 14.0. The van der Waals surface area contributed by atoms with Gasteiger partial charge in [-0.1, -0.05) is 6.92 Å². The van der Waals surface area contributed by atoms with Crippen molar-refractivity contribution in [2.75, 3.05) is 29.6 Å². The highest BCUT2D eigenvalue weighted by atomic mass is 19.1. The highest BCUT2D eigenvalue weighted by Crippen LogP contribution is 2.35. The van der Waals surface area contributed by atoms with Crippen LogP contribution in [0.5, 0.6) is 11.5 Å². The van der Waals surface area contributed by atoms with Crippen LogP contribution in [0.1, 0.15) is 44.2 Å². The molecule has 42 heavy (non-hydrogen) atoms. The van der Waals surface area contributed by atoms with E-state index in [2.05, 4.69) is 5.10 Å². The number of hydrogen-bond acceptors (Lipinski definition) is 7. The molecule has 3 aromatic rings. The Labute approximate surface area is 243 Å². The maximum atomic E-state index is 14.8. The number of halogens is 2. The van der Waals surface area contributed by atoms with Gasteiger partial charge in [-0.2, -0.15) is 10.4 Å². The minimum absolute atomic E-state index is 0.0409. The maximum Gasteiger partial charge on any atom is 0.305 e. The van der Waals surface area contributed by atoms with Crippen molar-refractivity contribution in [3.63, 3.8) is 0 Å². The minimum atomic E-state index is -0.982. The SMILES string of the molecule is CCOc1ccc(F)c(N2CCC(Oc3ccc(N4N=C(c5ccc(C#N)cc5F)C(C)C4CC(=O)O)cc3)CC2)c1. The summed E-state index contributed by atoms with van der Waals surface area (Å²) in [6.07, 6.45) is 1.21. The van der Waals surface area contributed by atoms with Gasteiger partial charge >= 0.3 is 5.97 Å². The van der Waals surface area contributed by atoms with Gasteiger partial charge in [-0.15, -0.1) is 0 Å². The third-order valence-corrected chi connectivity index (χ3v) is 7.71. The van der Waals surface area contributed by atoms with Crippen LogP contribution in [-0.4, -0.2) is 48.6 Å². The number of carboxylic acids is 1. The second kappa shape index (κ2) is 12.5. The fourth-order valence-corrected chi connectivity index (χ4v) is 5.53. The molecule has 3 aromatic carbocycles. The number of aliphatic carboxylic acids is 1. The molecule has 0 radical (unpaired) electrons. The minimum Gasteiger partial charge on any atom is -0.494 e. The van der Waals surface area contributed by atoms with Crippen molar-refractivity contribution in [2.24, 2.45) is 11.0 Å². The summed E-state index contributed by atoms with van der Waals surface area (Å²) in [5.74, 6) is -0.906. The van der Waals surface area contributed by atoms with Gasteiger partial charge in [-0.05, 0) is 61.5 Å². The van der Waals surface area contributed by atoms with Crippen LogP contribution in [0.3, 0.4) is 0 Å². The second-order valence-electron chi connectivity index (χ2n) is 10.4. The number of rotatable bonds is 9. The van der Waals surface area contributed by atoms with Crippen molar-refractivity contribution in [3.05, 3.63) is 83.4 Å². The molecule has 0 spiro atoms. The summed E-state index contributed by atoms with van der Waals surface area (Å²) in [5.41, 5.74) is 2.06.